The average Bonchev–Trinajstić information content (AvgIpc) is 2.38. The Morgan fingerprint density at radius 2 is 1.70 bits per heavy atom. The zero-order valence-electron chi connectivity index (χ0n) is 13.4. The Balaban J connectivity index is 2.85. The summed E-state index contributed by atoms with van der Waals surface area (Å²) in [6.07, 6.45) is 0.473. The summed E-state index contributed by atoms with van der Waals surface area (Å²) in [6, 6.07) is 5.26. The molecule has 3 heteroatoms. The Hall–Kier alpha value is -1.64. The number of likely N-dealkylation sites (N-methyl/N-ethyl adjacent to an activating group) is 1. The van der Waals surface area contributed by atoms with Gasteiger partial charge in [-0.05, 0) is 43.9 Å². The van der Waals surface area contributed by atoms with Crippen LogP contribution in [-0.4, -0.2) is 29.7 Å². The van der Waals surface area contributed by atoms with Gasteiger partial charge in [-0.25, -0.2) is 0 Å². The van der Waals surface area contributed by atoms with Crippen molar-refractivity contribution in [2.45, 2.75) is 47.1 Å². The van der Waals surface area contributed by atoms with E-state index in [1.54, 1.807) is 18.9 Å². The summed E-state index contributed by atoms with van der Waals surface area (Å²) < 4.78 is 0. The van der Waals surface area contributed by atoms with Gasteiger partial charge in [0.2, 0.25) is 5.91 Å². The number of amides is 1. The van der Waals surface area contributed by atoms with Crippen LogP contribution in [0.15, 0.2) is 18.2 Å². The lowest BCUT2D eigenvalue weighted by Gasteiger charge is -2.25. The molecule has 0 aliphatic carbocycles. The number of nitrogens with zero attached hydrogens (tertiary/aromatic N) is 1. The fourth-order valence-corrected chi connectivity index (χ4v) is 2.02. The van der Waals surface area contributed by atoms with Crippen LogP contribution in [0.25, 0.3) is 0 Å². The topological polar surface area (TPSA) is 37.4 Å². The number of benzene rings is 1. The molecule has 0 bridgehead atoms. The van der Waals surface area contributed by atoms with E-state index in [0.717, 1.165) is 5.56 Å². The molecule has 0 heterocycles. The lowest BCUT2D eigenvalue weighted by Crippen LogP contribution is -2.40. The van der Waals surface area contributed by atoms with Crippen LogP contribution in [0.2, 0.25) is 0 Å². The third-order valence-corrected chi connectivity index (χ3v) is 3.73. The van der Waals surface area contributed by atoms with Gasteiger partial charge in [0.05, 0.1) is 6.04 Å². The van der Waals surface area contributed by atoms with Crippen LogP contribution in [0.3, 0.4) is 0 Å². The Morgan fingerprint density at radius 1 is 1.10 bits per heavy atom. The number of hydrogen-bond acceptors (Lipinski definition) is 2. The van der Waals surface area contributed by atoms with Crippen LogP contribution in [0, 0.1) is 19.8 Å². The summed E-state index contributed by atoms with van der Waals surface area (Å²) in [5.74, 6) is 0.311. The Labute approximate surface area is 122 Å². The van der Waals surface area contributed by atoms with Crippen LogP contribution in [-0.2, 0) is 4.79 Å². The van der Waals surface area contributed by atoms with Gasteiger partial charge < -0.3 is 4.90 Å². The zero-order valence-corrected chi connectivity index (χ0v) is 13.4. The largest absolute Gasteiger partial charge is 0.336 e. The molecule has 1 atom stereocenters. The molecule has 0 fully saturated rings. The number of aryl methyl sites for hydroxylation is 2. The molecule has 0 aliphatic heterocycles. The molecule has 1 rings (SSSR count). The summed E-state index contributed by atoms with van der Waals surface area (Å²) in [6.45, 7) is 9.80. The molecule has 0 saturated carbocycles. The van der Waals surface area contributed by atoms with Crippen LogP contribution in [0.4, 0.5) is 0 Å². The fraction of sp³-hybridized carbons (Fsp3) is 0.529. The summed E-state index contributed by atoms with van der Waals surface area (Å²) >= 11 is 0. The third-order valence-electron chi connectivity index (χ3n) is 3.73. The average molecular weight is 275 g/mol. The molecule has 0 spiro atoms. The Morgan fingerprint density at radius 3 is 2.20 bits per heavy atom. The second-order valence-electron chi connectivity index (χ2n) is 5.94. The first-order chi connectivity index (χ1) is 9.23. The molecule has 1 aromatic carbocycles. The van der Waals surface area contributed by atoms with Gasteiger partial charge in [-0.2, -0.15) is 0 Å². The van der Waals surface area contributed by atoms with Gasteiger partial charge in [-0.3, -0.25) is 9.59 Å². The van der Waals surface area contributed by atoms with Gasteiger partial charge in [0.25, 0.3) is 0 Å². The summed E-state index contributed by atoms with van der Waals surface area (Å²) in [5.41, 5.74) is 2.93. The lowest BCUT2D eigenvalue weighted by molar-refractivity contribution is -0.131. The van der Waals surface area contributed by atoms with E-state index in [0.29, 0.717) is 17.9 Å². The van der Waals surface area contributed by atoms with E-state index in [1.807, 2.05) is 45.9 Å². The third kappa shape index (κ3) is 3.92. The molecule has 0 aromatic heterocycles. The van der Waals surface area contributed by atoms with Crippen molar-refractivity contribution in [1.82, 2.24) is 4.90 Å². The maximum atomic E-state index is 12.4. The number of hydrogen-bond donors (Lipinski definition) is 0. The quantitative estimate of drug-likeness (QED) is 0.773. The second kappa shape index (κ2) is 6.69. The van der Waals surface area contributed by atoms with Crippen LogP contribution in [0.5, 0.6) is 0 Å². The first-order valence-electron chi connectivity index (χ1n) is 7.11. The van der Waals surface area contributed by atoms with E-state index in [1.165, 1.54) is 5.56 Å². The van der Waals surface area contributed by atoms with Crippen molar-refractivity contribution >= 4 is 11.7 Å². The number of carbonyl (C=O) groups is 2. The van der Waals surface area contributed by atoms with Crippen molar-refractivity contribution in [3.63, 3.8) is 0 Å². The molecular weight excluding hydrogens is 250 g/mol. The molecule has 0 radical (unpaired) electrons. The SMILES string of the molecule is Cc1ccc(C(=O)C(C)N(C)C(=O)CC(C)C)cc1C. The normalized spacial score (nSPS) is 12.3. The van der Waals surface area contributed by atoms with Crippen molar-refractivity contribution in [3.8, 4) is 0 Å². The van der Waals surface area contributed by atoms with Gasteiger partial charge in [0.1, 0.15) is 0 Å². The molecule has 20 heavy (non-hydrogen) atoms. The van der Waals surface area contributed by atoms with Crippen LogP contribution in [0.1, 0.15) is 48.7 Å². The van der Waals surface area contributed by atoms with E-state index in [-0.39, 0.29) is 11.7 Å². The smallest absolute Gasteiger partial charge is 0.223 e. The van der Waals surface area contributed by atoms with Crippen molar-refractivity contribution in [2.75, 3.05) is 7.05 Å². The van der Waals surface area contributed by atoms with Crippen LogP contribution >= 0.6 is 0 Å². The van der Waals surface area contributed by atoms with Gasteiger partial charge in [-0.15, -0.1) is 0 Å². The lowest BCUT2D eigenvalue weighted by atomic mass is 9.99. The van der Waals surface area contributed by atoms with Crippen molar-refractivity contribution in [1.29, 1.82) is 0 Å². The first-order valence-corrected chi connectivity index (χ1v) is 7.11. The highest BCUT2D eigenvalue weighted by Crippen LogP contribution is 2.14. The van der Waals surface area contributed by atoms with Crippen LogP contribution < -0.4 is 0 Å². The Kier molecular flexibility index (Phi) is 5.49. The molecule has 0 aliphatic rings. The monoisotopic (exact) mass is 275 g/mol. The Bertz CT molecular complexity index is 506. The highest BCUT2D eigenvalue weighted by atomic mass is 16.2. The van der Waals surface area contributed by atoms with Gasteiger partial charge >= 0.3 is 0 Å². The van der Waals surface area contributed by atoms with E-state index in [4.69, 9.17) is 0 Å². The maximum absolute atomic E-state index is 12.4. The van der Waals surface area contributed by atoms with Crippen molar-refractivity contribution in [3.05, 3.63) is 34.9 Å². The minimum atomic E-state index is -0.427. The molecule has 1 unspecified atom stereocenters. The van der Waals surface area contributed by atoms with Crippen molar-refractivity contribution < 1.29 is 9.59 Å². The molecule has 110 valence electrons. The first kappa shape index (κ1) is 16.4. The summed E-state index contributed by atoms with van der Waals surface area (Å²) in [4.78, 5) is 26.0. The predicted octanol–water partition coefficient (Wildman–Crippen LogP) is 3.38. The van der Waals surface area contributed by atoms with E-state index < -0.39 is 6.04 Å². The molecule has 3 nitrogen and oxygen atoms in total. The number of carbonyl (C=O) groups excluding carboxylic acids is 2. The van der Waals surface area contributed by atoms with E-state index >= 15 is 0 Å². The zero-order chi connectivity index (χ0) is 15.4. The predicted molar refractivity (Wildman–Crippen MR) is 81.9 cm³/mol. The highest BCUT2D eigenvalue weighted by Gasteiger charge is 2.23. The summed E-state index contributed by atoms with van der Waals surface area (Å²) in [7, 11) is 1.70. The number of ketones is 1. The number of Topliss-reactive ketones (excluding diaryl/α,β-unsaturated/α-hetero) is 1. The molecule has 0 saturated heterocycles. The number of rotatable bonds is 5. The molecule has 1 aromatic rings. The van der Waals surface area contributed by atoms with Gasteiger partial charge in [0.15, 0.2) is 5.78 Å². The van der Waals surface area contributed by atoms with Gasteiger partial charge in [-0.1, -0.05) is 26.0 Å². The van der Waals surface area contributed by atoms with E-state index in [9.17, 15) is 9.59 Å². The maximum Gasteiger partial charge on any atom is 0.223 e. The van der Waals surface area contributed by atoms with Crippen molar-refractivity contribution in [2.24, 2.45) is 5.92 Å². The highest BCUT2D eigenvalue weighted by molar-refractivity contribution is 6.01. The minimum Gasteiger partial charge on any atom is -0.336 e. The van der Waals surface area contributed by atoms with E-state index in [2.05, 4.69) is 0 Å². The van der Waals surface area contributed by atoms with Gasteiger partial charge in [0, 0.05) is 19.0 Å². The summed E-state index contributed by atoms with van der Waals surface area (Å²) in [5, 5.41) is 0. The second-order valence-corrected chi connectivity index (χ2v) is 5.94. The fourth-order valence-electron chi connectivity index (χ4n) is 2.02. The minimum absolute atomic E-state index is 0.00675. The molecular formula is C17H25NO2. The standard InChI is InChI=1S/C17H25NO2/c1-11(2)9-16(19)18(6)14(5)17(20)15-8-7-12(3)13(4)10-15/h7-8,10-11,14H,9H2,1-6H3. The molecule has 1 amide bonds. The molecule has 0 N–H and O–H groups in total.